The molecule has 25 heavy (non-hydrogen) atoms. The van der Waals surface area contributed by atoms with Crippen LogP contribution in [-0.4, -0.2) is 19.4 Å². The van der Waals surface area contributed by atoms with Crippen molar-refractivity contribution < 1.29 is 9.47 Å². The van der Waals surface area contributed by atoms with Crippen molar-refractivity contribution in [3.8, 4) is 11.5 Å². The van der Waals surface area contributed by atoms with Gasteiger partial charge in [-0.05, 0) is 56.2 Å². The van der Waals surface area contributed by atoms with Gasteiger partial charge in [-0.15, -0.1) is 0 Å². The van der Waals surface area contributed by atoms with Gasteiger partial charge < -0.3 is 9.47 Å². The smallest absolute Gasteiger partial charge is 0.161 e. The molecule has 1 N–H and O–H groups in total. The molecule has 2 rings (SSSR count). The fourth-order valence-electron chi connectivity index (χ4n) is 2.34. The molecule has 0 spiro atoms. The summed E-state index contributed by atoms with van der Waals surface area (Å²) in [7, 11) is 0. The summed E-state index contributed by atoms with van der Waals surface area (Å²) >= 11 is 0. The SMILES string of the molecule is CCCCCOc1ccc(/C=N/Nc2ccc(C)cc2)cc1OCC. The molecule has 4 heteroatoms. The van der Waals surface area contributed by atoms with Crippen LogP contribution < -0.4 is 14.9 Å². The summed E-state index contributed by atoms with van der Waals surface area (Å²) in [5.41, 5.74) is 6.18. The fraction of sp³-hybridized carbons (Fsp3) is 0.381. The fourth-order valence-corrected chi connectivity index (χ4v) is 2.34. The Morgan fingerprint density at radius 1 is 0.960 bits per heavy atom. The standard InChI is InChI=1S/C21H28N2O2/c1-4-6-7-14-25-20-13-10-18(15-21(20)24-5-2)16-22-23-19-11-8-17(3)9-12-19/h8-13,15-16,23H,4-7,14H2,1-3H3/b22-16+. The quantitative estimate of drug-likeness (QED) is 0.357. The third kappa shape index (κ3) is 6.49. The first-order valence-corrected chi connectivity index (χ1v) is 8.98. The zero-order chi connectivity index (χ0) is 17.9. The highest BCUT2D eigenvalue weighted by molar-refractivity contribution is 5.81. The van der Waals surface area contributed by atoms with E-state index in [0.717, 1.165) is 35.8 Å². The molecule has 0 aliphatic carbocycles. The van der Waals surface area contributed by atoms with Gasteiger partial charge in [-0.1, -0.05) is 37.5 Å². The van der Waals surface area contributed by atoms with E-state index in [-0.39, 0.29) is 0 Å². The second-order valence-corrected chi connectivity index (χ2v) is 5.93. The van der Waals surface area contributed by atoms with Crippen LogP contribution in [0.5, 0.6) is 11.5 Å². The molecule has 0 saturated heterocycles. The van der Waals surface area contributed by atoms with E-state index in [1.807, 2.05) is 37.3 Å². The number of rotatable bonds is 10. The average molecular weight is 340 g/mol. The van der Waals surface area contributed by atoms with E-state index in [4.69, 9.17) is 9.47 Å². The molecule has 0 amide bonds. The number of hydrazone groups is 1. The van der Waals surface area contributed by atoms with Crippen molar-refractivity contribution in [3.63, 3.8) is 0 Å². The highest BCUT2D eigenvalue weighted by atomic mass is 16.5. The highest BCUT2D eigenvalue weighted by Crippen LogP contribution is 2.28. The highest BCUT2D eigenvalue weighted by Gasteiger charge is 2.05. The van der Waals surface area contributed by atoms with Gasteiger partial charge in [0.25, 0.3) is 0 Å². The Kier molecular flexibility index (Phi) is 7.83. The maximum Gasteiger partial charge on any atom is 0.161 e. The first-order chi connectivity index (χ1) is 12.2. The van der Waals surface area contributed by atoms with E-state index in [1.165, 1.54) is 18.4 Å². The van der Waals surface area contributed by atoms with Gasteiger partial charge in [0.05, 0.1) is 25.1 Å². The monoisotopic (exact) mass is 340 g/mol. The Balaban J connectivity index is 1.99. The van der Waals surface area contributed by atoms with Gasteiger partial charge in [0.2, 0.25) is 0 Å². The number of hydrogen-bond acceptors (Lipinski definition) is 4. The second-order valence-electron chi connectivity index (χ2n) is 5.93. The molecule has 0 aromatic heterocycles. The van der Waals surface area contributed by atoms with E-state index < -0.39 is 0 Å². The summed E-state index contributed by atoms with van der Waals surface area (Å²) in [6, 6.07) is 14.0. The number of ether oxygens (including phenoxy) is 2. The van der Waals surface area contributed by atoms with Gasteiger partial charge in [-0.2, -0.15) is 5.10 Å². The van der Waals surface area contributed by atoms with Crippen molar-refractivity contribution in [1.29, 1.82) is 0 Å². The minimum absolute atomic E-state index is 0.605. The van der Waals surface area contributed by atoms with Crippen LogP contribution in [0.15, 0.2) is 47.6 Å². The van der Waals surface area contributed by atoms with Gasteiger partial charge in [-0.3, -0.25) is 5.43 Å². The minimum atomic E-state index is 0.605. The Morgan fingerprint density at radius 2 is 1.76 bits per heavy atom. The van der Waals surface area contributed by atoms with E-state index in [2.05, 4.69) is 36.5 Å². The third-order valence-corrected chi connectivity index (χ3v) is 3.73. The lowest BCUT2D eigenvalue weighted by Crippen LogP contribution is -2.01. The van der Waals surface area contributed by atoms with Crippen molar-refractivity contribution in [2.75, 3.05) is 18.6 Å². The molecule has 0 bridgehead atoms. The molecule has 0 aliphatic rings. The predicted molar refractivity (Wildman–Crippen MR) is 105 cm³/mol. The molecule has 0 unspecified atom stereocenters. The molecule has 0 atom stereocenters. The number of unbranched alkanes of at least 4 members (excludes halogenated alkanes) is 2. The number of anilines is 1. The Morgan fingerprint density at radius 3 is 2.48 bits per heavy atom. The second kappa shape index (κ2) is 10.4. The Bertz CT molecular complexity index is 666. The summed E-state index contributed by atoms with van der Waals surface area (Å²) in [4.78, 5) is 0. The lowest BCUT2D eigenvalue weighted by molar-refractivity contribution is 0.271. The number of aryl methyl sites for hydroxylation is 1. The number of nitrogens with one attached hydrogen (secondary N) is 1. The zero-order valence-electron chi connectivity index (χ0n) is 15.4. The summed E-state index contributed by atoms with van der Waals surface area (Å²) in [5.74, 6) is 1.56. The van der Waals surface area contributed by atoms with Crippen LogP contribution in [0.2, 0.25) is 0 Å². The van der Waals surface area contributed by atoms with Gasteiger partial charge in [0.1, 0.15) is 0 Å². The molecule has 0 aliphatic heterocycles. The molecular weight excluding hydrogens is 312 g/mol. The van der Waals surface area contributed by atoms with Crippen molar-refractivity contribution in [2.24, 2.45) is 5.10 Å². The summed E-state index contributed by atoms with van der Waals surface area (Å²) in [6.45, 7) is 7.54. The van der Waals surface area contributed by atoms with E-state index in [9.17, 15) is 0 Å². The molecule has 0 fully saturated rings. The van der Waals surface area contributed by atoms with Crippen molar-refractivity contribution in [3.05, 3.63) is 53.6 Å². The zero-order valence-corrected chi connectivity index (χ0v) is 15.4. The van der Waals surface area contributed by atoms with Crippen molar-refractivity contribution in [1.82, 2.24) is 0 Å². The molecule has 134 valence electrons. The topological polar surface area (TPSA) is 42.8 Å². The van der Waals surface area contributed by atoms with Crippen LogP contribution >= 0.6 is 0 Å². The first kappa shape index (κ1) is 18.8. The van der Waals surface area contributed by atoms with Crippen LogP contribution in [0.3, 0.4) is 0 Å². The third-order valence-electron chi connectivity index (χ3n) is 3.73. The van der Waals surface area contributed by atoms with E-state index in [0.29, 0.717) is 6.61 Å². The largest absolute Gasteiger partial charge is 0.490 e. The average Bonchev–Trinajstić information content (AvgIpc) is 2.62. The summed E-state index contributed by atoms with van der Waals surface area (Å²) in [5, 5.41) is 4.29. The van der Waals surface area contributed by atoms with Gasteiger partial charge in [0.15, 0.2) is 11.5 Å². The maximum absolute atomic E-state index is 5.85. The predicted octanol–water partition coefficient (Wildman–Crippen LogP) is 5.41. The molecule has 0 radical (unpaired) electrons. The summed E-state index contributed by atoms with van der Waals surface area (Å²) in [6.07, 6.45) is 5.21. The molecule has 2 aromatic carbocycles. The van der Waals surface area contributed by atoms with Crippen LogP contribution in [0.1, 0.15) is 44.2 Å². The van der Waals surface area contributed by atoms with Crippen molar-refractivity contribution in [2.45, 2.75) is 40.0 Å². The van der Waals surface area contributed by atoms with Gasteiger partial charge in [-0.25, -0.2) is 0 Å². The minimum Gasteiger partial charge on any atom is -0.490 e. The van der Waals surface area contributed by atoms with Crippen LogP contribution in [-0.2, 0) is 0 Å². The van der Waals surface area contributed by atoms with Gasteiger partial charge in [0, 0.05) is 0 Å². The lowest BCUT2D eigenvalue weighted by atomic mass is 10.2. The number of nitrogens with zero attached hydrogens (tertiary/aromatic N) is 1. The van der Waals surface area contributed by atoms with Crippen LogP contribution in [0.4, 0.5) is 5.69 Å². The molecule has 4 nitrogen and oxygen atoms in total. The Labute approximate surface area is 150 Å². The summed E-state index contributed by atoms with van der Waals surface area (Å²) < 4.78 is 11.6. The normalized spacial score (nSPS) is 10.8. The van der Waals surface area contributed by atoms with E-state index >= 15 is 0 Å². The lowest BCUT2D eigenvalue weighted by Gasteiger charge is -2.12. The maximum atomic E-state index is 5.85. The number of hydrogen-bond donors (Lipinski definition) is 1. The van der Waals surface area contributed by atoms with Crippen molar-refractivity contribution >= 4 is 11.9 Å². The Hall–Kier alpha value is -2.49. The van der Waals surface area contributed by atoms with Gasteiger partial charge >= 0.3 is 0 Å². The van der Waals surface area contributed by atoms with E-state index in [1.54, 1.807) is 6.21 Å². The molecule has 2 aromatic rings. The molecular formula is C21H28N2O2. The van der Waals surface area contributed by atoms with Crippen LogP contribution in [0.25, 0.3) is 0 Å². The molecule has 0 saturated carbocycles. The number of benzene rings is 2. The first-order valence-electron chi connectivity index (χ1n) is 8.98. The van der Waals surface area contributed by atoms with Crippen LogP contribution in [0, 0.1) is 6.92 Å². The molecule has 0 heterocycles.